The first kappa shape index (κ1) is 16.4. The molecule has 0 saturated heterocycles. The van der Waals surface area contributed by atoms with Crippen molar-refractivity contribution in [1.29, 1.82) is 0 Å². The van der Waals surface area contributed by atoms with Crippen LogP contribution in [-0.4, -0.2) is 38.7 Å². The van der Waals surface area contributed by atoms with Gasteiger partial charge >= 0.3 is 0 Å². The van der Waals surface area contributed by atoms with Crippen LogP contribution in [0.3, 0.4) is 0 Å². The standard InChI is InChI=1S/C20H18FN5/c1-25(2)13-14-7-9-15(10-8-14)26-19-12-22-20(24-18(19)11-23-26)16-5-3-4-6-17(16)21/h3-12H,13H2,1-2H3. The summed E-state index contributed by atoms with van der Waals surface area (Å²) in [5, 5.41) is 4.42. The third-order valence-corrected chi connectivity index (χ3v) is 4.12. The first-order chi connectivity index (χ1) is 12.6. The molecule has 2 aromatic heterocycles. The van der Waals surface area contributed by atoms with Crippen LogP contribution in [-0.2, 0) is 6.54 Å². The van der Waals surface area contributed by atoms with E-state index in [1.807, 2.05) is 26.2 Å². The van der Waals surface area contributed by atoms with E-state index >= 15 is 0 Å². The number of benzene rings is 2. The van der Waals surface area contributed by atoms with Crippen LogP contribution >= 0.6 is 0 Å². The van der Waals surface area contributed by atoms with Crippen molar-refractivity contribution < 1.29 is 4.39 Å². The zero-order chi connectivity index (χ0) is 18.1. The lowest BCUT2D eigenvalue weighted by molar-refractivity contribution is 0.402. The van der Waals surface area contributed by atoms with Gasteiger partial charge in [-0.15, -0.1) is 0 Å². The second-order valence-electron chi connectivity index (χ2n) is 6.40. The lowest BCUT2D eigenvalue weighted by atomic mass is 10.2. The summed E-state index contributed by atoms with van der Waals surface area (Å²) >= 11 is 0. The van der Waals surface area contributed by atoms with Crippen molar-refractivity contribution in [2.24, 2.45) is 0 Å². The van der Waals surface area contributed by atoms with Crippen LogP contribution in [0.2, 0.25) is 0 Å². The van der Waals surface area contributed by atoms with Crippen molar-refractivity contribution in [3.05, 3.63) is 72.3 Å². The summed E-state index contributed by atoms with van der Waals surface area (Å²) in [5.74, 6) is 0.0206. The first-order valence-corrected chi connectivity index (χ1v) is 8.31. The molecule has 0 saturated carbocycles. The van der Waals surface area contributed by atoms with Crippen LogP contribution in [0.1, 0.15) is 5.56 Å². The Morgan fingerprint density at radius 1 is 1.00 bits per heavy atom. The lowest BCUT2D eigenvalue weighted by Gasteiger charge is -2.10. The summed E-state index contributed by atoms with van der Waals surface area (Å²) in [6.07, 6.45) is 3.36. The van der Waals surface area contributed by atoms with E-state index < -0.39 is 0 Å². The van der Waals surface area contributed by atoms with Gasteiger partial charge in [-0.1, -0.05) is 24.3 Å². The van der Waals surface area contributed by atoms with E-state index in [2.05, 4.69) is 32.1 Å². The smallest absolute Gasteiger partial charge is 0.162 e. The molecule has 0 spiro atoms. The third kappa shape index (κ3) is 3.07. The molecule has 2 aromatic carbocycles. The van der Waals surface area contributed by atoms with Crippen molar-refractivity contribution in [3.8, 4) is 17.1 Å². The van der Waals surface area contributed by atoms with Crippen LogP contribution in [0.15, 0.2) is 60.9 Å². The average molecular weight is 347 g/mol. The molecule has 130 valence electrons. The van der Waals surface area contributed by atoms with Gasteiger partial charge in [-0.3, -0.25) is 0 Å². The second kappa shape index (κ2) is 6.65. The van der Waals surface area contributed by atoms with E-state index in [4.69, 9.17) is 0 Å². The van der Waals surface area contributed by atoms with Gasteiger partial charge in [0, 0.05) is 6.54 Å². The van der Waals surface area contributed by atoms with Gasteiger partial charge in [0.2, 0.25) is 0 Å². The fourth-order valence-electron chi connectivity index (χ4n) is 2.91. The largest absolute Gasteiger partial charge is 0.305 e. The van der Waals surface area contributed by atoms with E-state index in [9.17, 15) is 4.39 Å². The number of hydrogen-bond donors (Lipinski definition) is 0. The van der Waals surface area contributed by atoms with E-state index in [0.29, 0.717) is 16.9 Å². The Morgan fingerprint density at radius 2 is 1.77 bits per heavy atom. The van der Waals surface area contributed by atoms with Crippen molar-refractivity contribution in [1.82, 2.24) is 24.6 Å². The van der Waals surface area contributed by atoms with Crippen molar-refractivity contribution in [2.45, 2.75) is 6.54 Å². The molecule has 0 N–H and O–H groups in total. The molecular formula is C20H18FN5. The van der Waals surface area contributed by atoms with Crippen LogP contribution in [0.5, 0.6) is 0 Å². The summed E-state index contributed by atoms with van der Waals surface area (Å²) in [6.45, 7) is 0.884. The molecule has 26 heavy (non-hydrogen) atoms. The number of rotatable bonds is 4. The summed E-state index contributed by atoms with van der Waals surface area (Å²) < 4.78 is 15.8. The molecule has 0 aliphatic rings. The highest BCUT2D eigenvalue weighted by molar-refractivity contribution is 5.77. The SMILES string of the molecule is CN(C)Cc1ccc(-n2ncc3nc(-c4ccccc4F)ncc32)cc1. The monoisotopic (exact) mass is 347 g/mol. The Morgan fingerprint density at radius 3 is 2.50 bits per heavy atom. The van der Waals surface area contributed by atoms with Crippen LogP contribution in [0.25, 0.3) is 28.1 Å². The molecule has 4 rings (SSSR count). The molecule has 0 aliphatic heterocycles. The second-order valence-corrected chi connectivity index (χ2v) is 6.40. The van der Waals surface area contributed by atoms with Gasteiger partial charge < -0.3 is 4.90 Å². The molecule has 0 radical (unpaired) electrons. The number of fused-ring (bicyclic) bond motifs is 1. The minimum Gasteiger partial charge on any atom is -0.305 e. The number of nitrogens with zero attached hydrogens (tertiary/aromatic N) is 5. The zero-order valence-corrected chi connectivity index (χ0v) is 14.6. The van der Waals surface area contributed by atoms with E-state index in [0.717, 1.165) is 17.7 Å². The van der Waals surface area contributed by atoms with Gasteiger partial charge in [-0.05, 0) is 43.9 Å². The maximum atomic E-state index is 14.0. The molecule has 6 heteroatoms. The Bertz CT molecular complexity index is 1050. The molecule has 2 heterocycles. The van der Waals surface area contributed by atoms with Crippen LogP contribution < -0.4 is 0 Å². The van der Waals surface area contributed by atoms with Gasteiger partial charge in [0.15, 0.2) is 5.82 Å². The normalized spacial score (nSPS) is 11.4. The Kier molecular flexibility index (Phi) is 4.18. The molecule has 0 unspecified atom stereocenters. The average Bonchev–Trinajstić information content (AvgIpc) is 3.05. The highest BCUT2D eigenvalue weighted by Gasteiger charge is 2.11. The van der Waals surface area contributed by atoms with Gasteiger partial charge in [-0.25, -0.2) is 19.0 Å². The summed E-state index contributed by atoms with van der Waals surface area (Å²) in [7, 11) is 4.08. The van der Waals surface area contributed by atoms with Crippen molar-refractivity contribution in [3.63, 3.8) is 0 Å². The first-order valence-electron chi connectivity index (χ1n) is 8.31. The van der Waals surface area contributed by atoms with Crippen LogP contribution in [0, 0.1) is 5.82 Å². The molecule has 0 fully saturated rings. The summed E-state index contributed by atoms with van der Waals surface area (Å²) in [6, 6.07) is 14.7. The summed E-state index contributed by atoms with van der Waals surface area (Å²) in [4.78, 5) is 10.9. The van der Waals surface area contributed by atoms with Gasteiger partial charge in [-0.2, -0.15) is 5.10 Å². The predicted octanol–water partition coefficient (Wildman–Crippen LogP) is 3.68. The molecule has 0 aliphatic carbocycles. The fraction of sp³-hybridized carbons (Fsp3) is 0.150. The molecular weight excluding hydrogens is 329 g/mol. The predicted molar refractivity (Wildman–Crippen MR) is 99.4 cm³/mol. The molecule has 0 amide bonds. The van der Waals surface area contributed by atoms with E-state index in [1.165, 1.54) is 11.6 Å². The number of halogens is 1. The fourth-order valence-corrected chi connectivity index (χ4v) is 2.91. The molecule has 0 atom stereocenters. The lowest BCUT2D eigenvalue weighted by Crippen LogP contribution is -2.10. The van der Waals surface area contributed by atoms with Gasteiger partial charge in [0.1, 0.15) is 16.9 Å². The summed E-state index contributed by atoms with van der Waals surface area (Å²) in [5.41, 5.74) is 4.01. The van der Waals surface area contributed by atoms with Crippen molar-refractivity contribution in [2.75, 3.05) is 14.1 Å². The van der Waals surface area contributed by atoms with Gasteiger partial charge in [0.25, 0.3) is 0 Å². The van der Waals surface area contributed by atoms with E-state index in [1.54, 1.807) is 35.3 Å². The topological polar surface area (TPSA) is 46.8 Å². The van der Waals surface area contributed by atoms with E-state index in [-0.39, 0.29) is 5.82 Å². The molecule has 4 aromatic rings. The highest BCUT2D eigenvalue weighted by atomic mass is 19.1. The Labute approximate surface area is 150 Å². The quantitative estimate of drug-likeness (QED) is 0.565. The third-order valence-electron chi connectivity index (χ3n) is 4.12. The number of aromatic nitrogens is 4. The molecule has 0 bridgehead atoms. The zero-order valence-electron chi connectivity index (χ0n) is 14.6. The molecule has 5 nitrogen and oxygen atoms in total. The van der Waals surface area contributed by atoms with Crippen LogP contribution in [0.4, 0.5) is 4.39 Å². The Balaban J connectivity index is 1.71. The highest BCUT2D eigenvalue weighted by Crippen LogP contribution is 2.22. The number of hydrogen-bond acceptors (Lipinski definition) is 4. The van der Waals surface area contributed by atoms with Crippen molar-refractivity contribution >= 4 is 11.0 Å². The Hall–Kier alpha value is -3.12. The minimum absolute atomic E-state index is 0.337. The van der Waals surface area contributed by atoms with Gasteiger partial charge in [0.05, 0.1) is 23.6 Å². The minimum atomic E-state index is -0.337. The maximum absolute atomic E-state index is 14.0. The maximum Gasteiger partial charge on any atom is 0.162 e.